The molecule has 0 radical (unpaired) electrons. The van der Waals surface area contributed by atoms with Gasteiger partial charge in [0, 0.05) is 30.3 Å². The number of rotatable bonds is 7. The lowest BCUT2D eigenvalue weighted by Crippen LogP contribution is -2.37. The van der Waals surface area contributed by atoms with E-state index in [1.807, 2.05) is 10.7 Å². The SMILES string of the molecule is CCn1nc(CC(CN)(CO)CC2CC2)c2ccccc21. The van der Waals surface area contributed by atoms with Crippen molar-refractivity contribution in [3.05, 3.63) is 30.0 Å². The molecule has 1 aliphatic rings. The average Bonchev–Trinajstić information content (AvgIpc) is 3.27. The summed E-state index contributed by atoms with van der Waals surface area (Å²) in [4.78, 5) is 0. The maximum absolute atomic E-state index is 9.94. The van der Waals surface area contributed by atoms with Gasteiger partial charge in [-0.25, -0.2) is 0 Å². The van der Waals surface area contributed by atoms with Gasteiger partial charge in [-0.05, 0) is 25.3 Å². The van der Waals surface area contributed by atoms with Crippen molar-refractivity contribution in [1.82, 2.24) is 9.78 Å². The Labute approximate surface area is 125 Å². The second-order valence-electron chi connectivity index (χ2n) is 6.47. The molecule has 3 N–H and O–H groups in total. The first kappa shape index (κ1) is 14.5. The fourth-order valence-electron chi connectivity index (χ4n) is 3.27. The lowest BCUT2D eigenvalue weighted by molar-refractivity contribution is 0.115. The van der Waals surface area contributed by atoms with Crippen LogP contribution in [0.3, 0.4) is 0 Å². The average molecular weight is 287 g/mol. The molecule has 0 amide bonds. The largest absolute Gasteiger partial charge is 0.396 e. The number of nitrogens with zero attached hydrogens (tertiary/aromatic N) is 2. The summed E-state index contributed by atoms with van der Waals surface area (Å²) in [5.41, 5.74) is 8.07. The quantitative estimate of drug-likeness (QED) is 0.821. The second kappa shape index (κ2) is 5.78. The van der Waals surface area contributed by atoms with Gasteiger partial charge in [0.15, 0.2) is 0 Å². The standard InChI is InChI=1S/C17H25N3O/c1-2-20-16-6-4-3-5-14(16)15(19-20)10-17(11-18,12-21)9-13-7-8-13/h3-6,13,21H,2,7-12,18H2,1H3. The smallest absolute Gasteiger partial charge is 0.0710 e. The van der Waals surface area contributed by atoms with Gasteiger partial charge in [-0.3, -0.25) is 4.68 Å². The Kier molecular flexibility index (Phi) is 4.00. The molecule has 2 aromatic rings. The number of benzene rings is 1. The minimum atomic E-state index is -0.211. The summed E-state index contributed by atoms with van der Waals surface area (Å²) >= 11 is 0. The molecule has 114 valence electrons. The van der Waals surface area contributed by atoms with Crippen LogP contribution < -0.4 is 5.73 Å². The molecular formula is C17H25N3O. The first-order chi connectivity index (χ1) is 10.2. The molecule has 0 aliphatic heterocycles. The third-order valence-corrected chi connectivity index (χ3v) is 4.76. The van der Waals surface area contributed by atoms with Crippen molar-refractivity contribution < 1.29 is 5.11 Å². The van der Waals surface area contributed by atoms with Crippen LogP contribution in [0.5, 0.6) is 0 Å². The van der Waals surface area contributed by atoms with Crippen molar-refractivity contribution in [3.8, 4) is 0 Å². The second-order valence-corrected chi connectivity index (χ2v) is 6.47. The lowest BCUT2D eigenvalue weighted by Gasteiger charge is -2.30. The van der Waals surface area contributed by atoms with Crippen molar-refractivity contribution in [1.29, 1.82) is 0 Å². The Morgan fingerprint density at radius 2 is 2.14 bits per heavy atom. The van der Waals surface area contributed by atoms with Gasteiger partial charge < -0.3 is 10.8 Å². The normalized spacial score (nSPS) is 18.0. The summed E-state index contributed by atoms with van der Waals surface area (Å²) in [5.74, 6) is 0.750. The molecule has 1 saturated carbocycles. The highest BCUT2D eigenvalue weighted by Gasteiger charge is 2.36. The molecule has 4 heteroatoms. The van der Waals surface area contributed by atoms with Gasteiger partial charge in [-0.2, -0.15) is 5.10 Å². The van der Waals surface area contributed by atoms with E-state index in [2.05, 4.69) is 25.1 Å². The molecule has 1 unspecified atom stereocenters. The molecular weight excluding hydrogens is 262 g/mol. The van der Waals surface area contributed by atoms with E-state index < -0.39 is 0 Å². The highest BCUT2D eigenvalue weighted by molar-refractivity contribution is 5.82. The number of aromatic nitrogens is 2. The van der Waals surface area contributed by atoms with E-state index in [9.17, 15) is 5.11 Å². The molecule has 0 bridgehead atoms. The zero-order valence-electron chi connectivity index (χ0n) is 12.8. The highest BCUT2D eigenvalue weighted by Crippen LogP contribution is 2.42. The zero-order valence-corrected chi connectivity index (χ0v) is 12.8. The molecule has 1 fully saturated rings. The van der Waals surface area contributed by atoms with E-state index in [0.717, 1.165) is 31.0 Å². The number of hydrogen-bond acceptors (Lipinski definition) is 3. The third kappa shape index (κ3) is 2.83. The Balaban J connectivity index is 1.95. The van der Waals surface area contributed by atoms with E-state index in [1.54, 1.807) is 0 Å². The van der Waals surface area contributed by atoms with Gasteiger partial charge in [0.2, 0.25) is 0 Å². The molecule has 21 heavy (non-hydrogen) atoms. The van der Waals surface area contributed by atoms with Crippen LogP contribution in [0.2, 0.25) is 0 Å². The number of aryl methyl sites for hydroxylation is 1. The van der Waals surface area contributed by atoms with Gasteiger partial charge in [0.05, 0.1) is 17.8 Å². The number of nitrogens with two attached hydrogens (primary N) is 1. The van der Waals surface area contributed by atoms with Crippen LogP contribution in [0, 0.1) is 11.3 Å². The fraction of sp³-hybridized carbons (Fsp3) is 0.588. The predicted octanol–water partition coefficient (Wildman–Crippen LogP) is 2.34. The molecule has 1 atom stereocenters. The number of aliphatic hydroxyl groups excluding tert-OH is 1. The topological polar surface area (TPSA) is 64.1 Å². The Morgan fingerprint density at radius 3 is 2.76 bits per heavy atom. The monoisotopic (exact) mass is 287 g/mol. The number of hydrogen-bond donors (Lipinski definition) is 2. The van der Waals surface area contributed by atoms with Crippen molar-refractivity contribution in [2.24, 2.45) is 17.1 Å². The summed E-state index contributed by atoms with van der Waals surface area (Å²) in [6, 6.07) is 8.34. The van der Waals surface area contributed by atoms with Crippen LogP contribution in [0.15, 0.2) is 24.3 Å². The van der Waals surface area contributed by atoms with Crippen molar-refractivity contribution in [2.75, 3.05) is 13.2 Å². The Morgan fingerprint density at radius 1 is 1.38 bits per heavy atom. The van der Waals surface area contributed by atoms with Gasteiger partial charge >= 0.3 is 0 Å². The van der Waals surface area contributed by atoms with E-state index in [0.29, 0.717) is 6.54 Å². The summed E-state index contributed by atoms with van der Waals surface area (Å²) in [7, 11) is 0. The van der Waals surface area contributed by atoms with Gasteiger partial charge in [-0.15, -0.1) is 0 Å². The predicted molar refractivity (Wildman–Crippen MR) is 85.0 cm³/mol. The lowest BCUT2D eigenvalue weighted by atomic mass is 9.78. The number of aliphatic hydroxyl groups is 1. The van der Waals surface area contributed by atoms with Crippen LogP contribution in [-0.4, -0.2) is 28.0 Å². The van der Waals surface area contributed by atoms with Crippen molar-refractivity contribution in [2.45, 2.75) is 39.2 Å². The zero-order chi connectivity index (χ0) is 14.9. The van der Waals surface area contributed by atoms with Crippen LogP contribution in [0.4, 0.5) is 0 Å². The molecule has 1 aromatic carbocycles. The minimum absolute atomic E-state index is 0.146. The van der Waals surface area contributed by atoms with Crippen LogP contribution in [-0.2, 0) is 13.0 Å². The first-order valence-electron chi connectivity index (χ1n) is 7.96. The van der Waals surface area contributed by atoms with Gasteiger partial charge in [-0.1, -0.05) is 31.0 Å². The summed E-state index contributed by atoms with van der Waals surface area (Å²) in [5, 5.41) is 15.9. The Bertz CT molecular complexity index is 612. The third-order valence-electron chi connectivity index (χ3n) is 4.76. The van der Waals surface area contributed by atoms with E-state index >= 15 is 0 Å². The fourth-order valence-corrected chi connectivity index (χ4v) is 3.27. The molecule has 4 nitrogen and oxygen atoms in total. The van der Waals surface area contributed by atoms with Crippen LogP contribution >= 0.6 is 0 Å². The summed E-state index contributed by atoms with van der Waals surface area (Å²) in [6.45, 7) is 3.63. The molecule has 1 aliphatic carbocycles. The maximum Gasteiger partial charge on any atom is 0.0710 e. The van der Waals surface area contributed by atoms with E-state index in [1.165, 1.54) is 23.7 Å². The van der Waals surface area contributed by atoms with Crippen molar-refractivity contribution in [3.63, 3.8) is 0 Å². The summed E-state index contributed by atoms with van der Waals surface area (Å²) < 4.78 is 2.04. The molecule has 1 heterocycles. The summed E-state index contributed by atoms with van der Waals surface area (Å²) in [6.07, 6.45) is 4.36. The van der Waals surface area contributed by atoms with Gasteiger partial charge in [0.25, 0.3) is 0 Å². The van der Waals surface area contributed by atoms with E-state index in [4.69, 9.17) is 10.8 Å². The van der Waals surface area contributed by atoms with Crippen LogP contribution in [0.25, 0.3) is 10.9 Å². The van der Waals surface area contributed by atoms with E-state index in [-0.39, 0.29) is 12.0 Å². The van der Waals surface area contributed by atoms with Gasteiger partial charge in [0.1, 0.15) is 0 Å². The molecule has 1 aromatic heterocycles. The highest BCUT2D eigenvalue weighted by atomic mass is 16.3. The molecule has 0 saturated heterocycles. The van der Waals surface area contributed by atoms with Crippen LogP contribution in [0.1, 0.15) is 31.9 Å². The molecule has 0 spiro atoms. The Hall–Kier alpha value is -1.39. The molecule has 3 rings (SSSR count). The first-order valence-corrected chi connectivity index (χ1v) is 7.96. The number of para-hydroxylation sites is 1. The number of fused-ring (bicyclic) bond motifs is 1. The van der Waals surface area contributed by atoms with Crippen molar-refractivity contribution >= 4 is 10.9 Å². The maximum atomic E-state index is 9.94. The minimum Gasteiger partial charge on any atom is -0.396 e.